The van der Waals surface area contributed by atoms with Gasteiger partial charge < -0.3 is 9.32 Å². The van der Waals surface area contributed by atoms with Crippen LogP contribution in [0.3, 0.4) is 0 Å². The van der Waals surface area contributed by atoms with Gasteiger partial charge in [-0.05, 0) is 30.3 Å². The smallest absolute Gasteiger partial charge is 0.297 e. The molecule has 4 aromatic rings. The van der Waals surface area contributed by atoms with E-state index in [0.717, 1.165) is 15.6 Å². The van der Waals surface area contributed by atoms with Crippen LogP contribution < -0.4 is 21.3 Å². The fraction of sp³-hybridized carbons (Fsp3) is 0.143. The highest BCUT2D eigenvalue weighted by Crippen LogP contribution is 2.23. The van der Waals surface area contributed by atoms with Crippen molar-refractivity contribution in [3.63, 3.8) is 0 Å². The van der Waals surface area contributed by atoms with Gasteiger partial charge in [0.2, 0.25) is 5.58 Å². The zero-order valence-electron chi connectivity index (χ0n) is 16.4. The molecule has 0 radical (unpaired) electrons. The van der Waals surface area contributed by atoms with Crippen LogP contribution in [0.2, 0.25) is 0 Å². The third kappa shape index (κ3) is 3.60. The molecular formula is C21H19N5O4. The molecule has 0 unspecified atom stereocenters. The Morgan fingerprint density at radius 1 is 1.10 bits per heavy atom. The molecule has 4 rings (SSSR count). The maximum Gasteiger partial charge on any atom is 0.297 e. The molecular weight excluding hydrogens is 386 g/mol. The lowest BCUT2D eigenvalue weighted by atomic mass is 10.2. The Morgan fingerprint density at radius 3 is 2.70 bits per heavy atom. The Balaban J connectivity index is 1.46. The van der Waals surface area contributed by atoms with Crippen LogP contribution in [0, 0.1) is 0 Å². The number of hydrogen-bond donors (Lipinski definition) is 2. The first-order chi connectivity index (χ1) is 14.4. The molecule has 2 N–H and O–H groups in total. The quantitative estimate of drug-likeness (QED) is 0.500. The Morgan fingerprint density at radius 2 is 1.90 bits per heavy atom. The van der Waals surface area contributed by atoms with Gasteiger partial charge >= 0.3 is 0 Å². The fourth-order valence-electron chi connectivity index (χ4n) is 3.05. The predicted molar refractivity (Wildman–Crippen MR) is 112 cm³/mol. The average Bonchev–Trinajstić information content (AvgIpc) is 3.13. The summed E-state index contributed by atoms with van der Waals surface area (Å²) < 4.78 is 6.71. The molecule has 0 saturated heterocycles. The maximum atomic E-state index is 12.7. The second kappa shape index (κ2) is 7.70. The van der Waals surface area contributed by atoms with Gasteiger partial charge in [0, 0.05) is 30.7 Å². The molecule has 2 aromatic heterocycles. The monoisotopic (exact) mass is 405 g/mol. The number of anilines is 1. The van der Waals surface area contributed by atoms with Gasteiger partial charge in [0.1, 0.15) is 17.6 Å². The number of carbonyl (C=O) groups is 2. The molecule has 30 heavy (non-hydrogen) atoms. The van der Waals surface area contributed by atoms with E-state index < -0.39 is 17.4 Å². The molecule has 0 aliphatic carbocycles. The van der Waals surface area contributed by atoms with Gasteiger partial charge in [0.05, 0.1) is 6.33 Å². The topological polar surface area (TPSA) is 109 Å². The van der Waals surface area contributed by atoms with Crippen molar-refractivity contribution in [2.24, 2.45) is 0 Å². The minimum absolute atomic E-state index is 0.0797. The number of benzene rings is 2. The summed E-state index contributed by atoms with van der Waals surface area (Å²) in [6, 6.07) is 14.1. The van der Waals surface area contributed by atoms with Crippen LogP contribution in [0.5, 0.6) is 0 Å². The molecule has 2 amide bonds. The van der Waals surface area contributed by atoms with Crippen molar-refractivity contribution in [2.45, 2.75) is 6.54 Å². The van der Waals surface area contributed by atoms with E-state index in [1.165, 1.54) is 6.33 Å². The number of furan rings is 1. The minimum atomic E-state index is -0.577. The van der Waals surface area contributed by atoms with Crippen LogP contribution in [-0.4, -0.2) is 35.5 Å². The first-order valence-corrected chi connectivity index (χ1v) is 9.17. The highest BCUT2D eigenvalue weighted by atomic mass is 16.3. The van der Waals surface area contributed by atoms with Gasteiger partial charge in [0.15, 0.2) is 0 Å². The second-order valence-corrected chi connectivity index (χ2v) is 6.90. The lowest BCUT2D eigenvalue weighted by Gasteiger charge is -2.13. The molecule has 0 atom stereocenters. The molecule has 0 bridgehead atoms. The van der Waals surface area contributed by atoms with Crippen molar-refractivity contribution in [1.82, 2.24) is 20.4 Å². The van der Waals surface area contributed by atoms with Crippen LogP contribution >= 0.6 is 0 Å². The van der Waals surface area contributed by atoms with Crippen LogP contribution in [-0.2, 0) is 11.3 Å². The van der Waals surface area contributed by atoms with Gasteiger partial charge in [-0.25, -0.2) is 4.98 Å². The molecule has 0 fully saturated rings. The first-order valence-electron chi connectivity index (χ1n) is 9.17. The average molecular weight is 405 g/mol. The zero-order chi connectivity index (χ0) is 21.3. The molecule has 0 spiro atoms. The largest absolute Gasteiger partial charge is 0.448 e. The summed E-state index contributed by atoms with van der Waals surface area (Å²) >= 11 is 0. The van der Waals surface area contributed by atoms with E-state index in [0.29, 0.717) is 16.7 Å². The van der Waals surface area contributed by atoms with E-state index in [2.05, 4.69) is 15.8 Å². The fourth-order valence-corrected chi connectivity index (χ4v) is 3.05. The molecule has 9 nitrogen and oxygen atoms in total. The summed E-state index contributed by atoms with van der Waals surface area (Å²) in [5.74, 6) is -1.04. The number of carbonyl (C=O) groups excluding carboxylic acids is 2. The highest BCUT2D eigenvalue weighted by molar-refractivity contribution is 6.01. The summed E-state index contributed by atoms with van der Waals surface area (Å²) in [7, 11) is 3.73. The SMILES string of the molecule is CN(C)c1cccc(C(=O)NNC(=O)Cn2cnc3c(oc4ccccc43)c2=O)c1. The van der Waals surface area contributed by atoms with E-state index in [9.17, 15) is 14.4 Å². The molecule has 0 saturated carbocycles. The molecule has 2 heterocycles. The van der Waals surface area contributed by atoms with Crippen LogP contribution in [0.25, 0.3) is 22.1 Å². The number of hydrogen-bond acceptors (Lipinski definition) is 6. The van der Waals surface area contributed by atoms with E-state index >= 15 is 0 Å². The third-order valence-electron chi connectivity index (χ3n) is 4.60. The van der Waals surface area contributed by atoms with Crippen molar-refractivity contribution in [2.75, 3.05) is 19.0 Å². The molecule has 152 valence electrons. The van der Waals surface area contributed by atoms with Crippen molar-refractivity contribution in [3.8, 4) is 0 Å². The Kier molecular flexibility index (Phi) is 4.93. The Labute approximate surface area is 170 Å². The van der Waals surface area contributed by atoms with E-state index in [4.69, 9.17) is 4.42 Å². The summed E-state index contributed by atoms with van der Waals surface area (Å²) in [6.45, 7) is -0.323. The normalized spacial score (nSPS) is 10.9. The van der Waals surface area contributed by atoms with Gasteiger partial charge in [-0.1, -0.05) is 18.2 Å². The van der Waals surface area contributed by atoms with Crippen LogP contribution in [0.1, 0.15) is 10.4 Å². The lowest BCUT2D eigenvalue weighted by Crippen LogP contribution is -2.44. The zero-order valence-corrected chi connectivity index (χ0v) is 16.4. The van der Waals surface area contributed by atoms with Crippen molar-refractivity contribution >= 4 is 39.6 Å². The summed E-state index contributed by atoms with van der Waals surface area (Å²) in [6.07, 6.45) is 1.29. The molecule has 0 aliphatic heterocycles. The predicted octanol–water partition coefficient (Wildman–Crippen LogP) is 1.67. The van der Waals surface area contributed by atoms with Crippen molar-refractivity contribution in [1.29, 1.82) is 0 Å². The van der Waals surface area contributed by atoms with Crippen molar-refractivity contribution in [3.05, 3.63) is 70.8 Å². The number of hydrazine groups is 1. The number of fused-ring (bicyclic) bond motifs is 3. The van der Waals surface area contributed by atoms with Gasteiger partial charge in [0.25, 0.3) is 17.4 Å². The standard InChI is InChI=1S/C21H19N5O4/c1-25(2)14-7-5-6-13(10-14)20(28)24-23-17(27)11-26-12-22-18-15-8-3-4-9-16(15)30-19(18)21(26)29/h3-10,12H,11H2,1-2H3,(H,23,27)(H,24,28). The number of nitrogens with one attached hydrogen (secondary N) is 2. The van der Waals surface area contributed by atoms with E-state index in [1.54, 1.807) is 30.3 Å². The first kappa shape index (κ1) is 19.2. The minimum Gasteiger partial charge on any atom is -0.448 e. The molecule has 9 heteroatoms. The lowest BCUT2D eigenvalue weighted by molar-refractivity contribution is -0.122. The number of rotatable bonds is 4. The third-order valence-corrected chi connectivity index (χ3v) is 4.60. The van der Waals surface area contributed by atoms with Gasteiger partial charge in [-0.15, -0.1) is 0 Å². The van der Waals surface area contributed by atoms with Gasteiger partial charge in [-0.3, -0.25) is 29.8 Å². The summed E-state index contributed by atoms with van der Waals surface area (Å²) in [5.41, 5.74) is 6.50. The maximum absolute atomic E-state index is 12.7. The number of aromatic nitrogens is 2. The van der Waals surface area contributed by atoms with E-state index in [1.807, 2.05) is 37.2 Å². The number of nitrogens with zero attached hydrogens (tertiary/aromatic N) is 3. The molecule has 0 aliphatic rings. The van der Waals surface area contributed by atoms with Gasteiger partial charge in [-0.2, -0.15) is 0 Å². The second-order valence-electron chi connectivity index (χ2n) is 6.90. The Hall–Kier alpha value is -4.14. The number of amides is 2. The van der Waals surface area contributed by atoms with Crippen LogP contribution in [0.15, 0.2) is 64.1 Å². The summed E-state index contributed by atoms with van der Waals surface area (Å²) in [5, 5.41) is 0.730. The number of para-hydroxylation sites is 1. The Bertz CT molecular complexity index is 1320. The molecule has 2 aromatic carbocycles. The van der Waals surface area contributed by atoms with Crippen molar-refractivity contribution < 1.29 is 14.0 Å². The van der Waals surface area contributed by atoms with Crippen LogP contribution in [0.4, 0.5) is 5.69 Å². The van der Waals surface area contributed by atoms with E-state index in [-0.39, 0.29) is 12.1 Å². The highest BCUT2D eigenvalue weighted by Gasteiger charge is 2.15. The summed E-state index contributed by atoms with van der Waals surface area (Å²) in [4.78, 5) is 43.3.